The van der Waals surface area contributed by atoms with Crippen LogP contribution in [0.3, 0.4) is 0 Å². The van der Waals surface area contributed by atoms with Gasteiger partial charge in [0.2, 0.25) is 0 Å². The molecule has 20 heavy (non-hydrogen) atoms. The molecular weight excluding hydrogens is 258 g/mol. The number of nitrogens with one attached hydrogen (secondary N) is 2. The van der Waals surface area contributed by atoms with Gasteiger partial charge in [0.15, 0.2) is 6.61 Å². The molecule has 0 radical (unpaired) electrons. The molecule has 1 aromatic rings. The molecule has 3 amide bonds. The number of carbonyl (C=O) groups excluding carboxylic acids is 2. The quantitative estimate of drug-likeness (QED) is 0.725. The fourth-order valence-electron chi connectivity index (χ4n) is 2.21. The van der Waals surface area contributed by atoms with Crippen molar-refractivity contribution in [3.8, 4) is 5.75 Å². The Kier molecular flexibility index (Phi) is 4.81. The number of ether oxygens (including phenoxy) is 1. The normalized spacial score (nSPS) is 14.8. The predicted molar refractivity (Wildman–Crippen MR) is 75.3 cm³/mol. The minimum atomic E-state index is -0.483. The first kappa shape index (κ1) is 14.2. The number of rotatable bonds is 4. The highest BCUT2D eigenvalue weighted by Gasteiger charge is 2.18. The van der Waals surface area contributed by atoms with E-state index in [0.717, 1.165) is 25.7 Å². The van der Waals surface area contributed by atoms with Crippen molar-refractivity contribution in [1.82, 2.24) is 10.6 Å². The highest BCUT2D eigenvalue weighted by molar-refractivity contribution is 5.95. The van der Waals surface area contributed by atoms with Gasteiger partial charge in [-0.05, 0) is 25.0 Å². The zero-order valence-corrected chi connectivity index (χ0v) is 11.2. The van der Waals surface area contributed by atoms with Crippen molar-refractivity contribution in [3.05, 3.63) is 24.3 Å². The van der Waals surface area contributed by atoms with Gasteiger partial charge in [-0.1, -0.05) is 18.9 Å². The third kappa shape index (κ3) is 4.46. The van der Waals surface area contributed by atoms with E-state index in [2.05, 4.69) is 10.6 Å². The molecule has 0 heterocycles. The first-order valence-electron chi connectivity index (χ1n) is 6.72. The lowest BCUT2D eigenvalue weighted by molar-refractivity contribution is -0.122. The van der Waals surface area contributed by atoms with Crippen LogP contribution in [0.5, 0.6) is 5.75 Å². The van der Waals surface area contributed by atoms with Gasteiger partial charge in [0.25, 0.3) is 5.91 Å². The number of hydrogen-bond donors (Lipinski definition) is 3. The van der Waals surface area contributed by atoms with Crippen molar-refractivity contribution in [1.29, 1.82) is 0 Å². The summed E-state index contributed by atoms with van der Waals surface area (Å²) in [6, 6.07) is 6.49. The minimum Gasteiger partial charge on any atom is -0.484 e. The maximum atomic E-state index is 11.6. The summed E-state index contributed by atoms with van der Waals surface area (Å²) < 4.78 is 5.25. The Labute approximate surface area is 117 Å². The summed E-state index contributed by atoms with van der Waals surface area (Å²) in [4.78, 5) is 23.1. The number of anilines is 1. The van der Waals surface area contributed by atoms with Crippen LogP contribution in [0.4, 0.5) is 10.5 Å². The fraction of sp³-hybridized carbons (Fsp3) is 0.429. The van der Waals surface area contributed by atoms with E-state index in [9.17, 15) is 9.59 Å². The van der Waals surface area contributed by atoms with Gasteiger partial charge in [0.05, 0.1) is 0 Å². The number of nitrogen functional groups attached to an aromatic ring is 1. The van der Waals surface area contributed by atoms with Crippen LogP contribution in [0.15, 0.2) is 24.3 Å². The zero-order valence-electron chi connectivity index (χ0n) is 11.2. The van der Waals surface area contributed by atoms with Crippen molar-refractivity contribution < 1.29 is 14.3 Å². The highest BCUT2D eigenvalue weighted by Crippen LogP contribution is 2.17. The molecule has 0 saturated heterocycles. The van der Waals surface area contributed by atoms with Crippen molar-refractivity contribution in [2.75, 3.05) is 12.3 Å². The number of hydrogen-bond acceptors (Lipinski definition) is 4. The van der Waals surface area contributed by atoms with Gasteiger partial charge in [-0.15, -0.1) is 0 Å². The molecule has 0 bridgehead atoms. The Morgan fingerprint density at radius 2 is 2.05 bits per heavy atom. The van der Waals surface area contributed by atoms with E-state index >= 15 is 0 Å². The number of nitrogens with two attached hydrogens (primary N) is 1. The third-order valence-corrected chi connectivity index (χ3v) is 3.17. The average Bonchev–Trinajstić information content (AvgIpc) is 2.89. The smallest absolute Gasteiger partial charge is 0.321 e. The molecule has 108 valence electrons. The number of imide groups is 1. The summed E-state index contributed by atoms with van der Waals surface area (Å²) in [5.74, 6) is 0.0132. The van der Waals surface area contributed by atoms with E-state index in [4.69, 9.17) is 10.5 Å². The van der Waals surface area contributed by atoms with E-state index in [1.807, 2.05) is 0 Å². The summed E-state index contributed by atoms with van der Waals surface area (Å²) in [7, 11) is 0. The van der Waals surface area contributed by atoms with E-state index in [1.165, 1.54) is 0 Å². The molecule has 1 fully saturated rings. The molecule has 0 unspecified atom stereocenters. The Balaban J connectivity index is 1.70. The van der Waals surface area contributed by atoms with Crippen molar-refractivity contribution in [2.24, 2.45) is 0 Å². The lowest BCUT2D eigenvalue weighted by Gasteiger charge is -2.12. The molecule has 4 N–H and O–H groups in total. The third-order valence-electron chi connectivity index (χ3n) is 3.17. The lowest BCUT2D eigenvalue weighted by Crippen LogP contribution is -2.45. The van der Waals surface area contributed by atoms with Gasteiger partial charge >= 0.3 is 6.03 Å². The number of amides is 3. The Morgan fingerprint density at radius 3 is 2.75 bits per heavy atom. The maximum absolute atomic E-state index is 11.6. The Hall–Kier alpha value is -2.24. The van der Waals surface area contributed by atoms with E-state index < -0.39 is 11.9 Å². The van der Waals surface area contributed by atoms with Crippen LogP contribution in [0.25, 0.3) is 0 Å². The van der Waals surface area contributed by atoms with Gasteiger partial charge in [0.1, 0.15) is 5.75 Å². The first-order chi connectivity index (χ1) is 9.63. The maximum Gasteiger partial charge on any atom is 0.321 e. The number of urea groups is 1. The first-order valence-corrected chi connectivity index (χ1v) is 6.72. The number of carbonyl (C=O) groups is 2. The molecule has 1 aliphatic carbocycles. The molecule has 1 aromatic carbocycles. The largest absolute Gasteiger partial charge is 0.484 e. The van der Waals surface area contributed by atoms with Crippen LogP contribution in [0.2, 0.25) is 0 Å². The molecule has 6 heteroatoms. The number of benzene rings is 1. The van der Waals surface area contributed by atoms with Gasteiger partial charge < -0.3 is 15.8 Å². The fourth-order valence-corrected chi connectivity index (χ4v) is 2.21. The predicted octanol–water partition coefficient (Wildman–Crippen LogP) is 1.42. The van der Waals surface area contributed by atoms with E-state index in [0.29, 0.717) is 11.4 Å². The molecule has 1 aliphatic rings. The highest BCUT2D eigenvalue weighted by atomic mass is 16.5. The minimum absolute atomic E-state index is 0.178. The van der Waals surface area contributed by atoms with Crippen LogP contribution in [0.1, 0.15) is 25.7 Å². The molecule has 0 aliphatic heterocycles. The summed E-state index contributed by atoms with van der Waals surface area (Å²) in [5, 5.41) is 5.02. The SMILES string of the molecule is Nc1cccc(OCC(=O)NC(=O)NC2CCCC2)c1. The molecule has 2 rings (SSSR count). The second-order valence-electron chi connectivity index (χ2n) is 4.86. The van der Waals surface area contributed by atoms with Crippen molar-refractivity contribution >= 4 is 17.6 Å². The molecule has 6 nitrogen and oxygen atoms in total. The van der Waals surface area contributed by atoms with Gasteiger partial charge in [-0.2, -0.15) is 0 Å². The van der Waals surface area contributed by atoms with Gasteiger partial charge in [-0.25, -0.2) is 4.79 Å². The molecular formula is C14H19N3O3. The zero-order chi connectivity index (χ0) is 14.4. The van der Waals surface area contributed by atoms with Crippen molar-refractivity contribution in [2.45, 2.75) is 31.7 Å². The van der Waals surface area contributed by atoms with Crippen LogP contribution in [-0.4, -0.2) is 24.6 Å². The van der Waals surface area contributed by atoms with Crippen LogP contribution in [-0.2, 0) is 4.79 Å². The van der Waals surface area contributed by atoms with Gasteiger partial charge in [0, 0.05) is 17.8 Å². The average molecular weight is 277 g/mol. The van der Waals surface area contributed by atoms with Crippen LogP contribution in [0, 0.1) is 0 Å². The monoisotopic (exact) mass is 277 g/mol. The van der Waals surface area contributed by atoms with E-state index in [1.54, 1.807) is 24.3 Å². The summed E-state index contributed by atoms with van der Waals surface area (Å²) in [6.07, 6.45) is 4.19. The molecule has 0 atom stereocenters. The summed E-state index contributed by atoms with van der Waals surface area (Å²) in [5.41, 5.74) is 6.15. The molecule has 0 aromatic heterocycles. The van der Waals surface area contributed by atoms with Gasteiger partial charge in [-0.3, -0.25) is 10.1 Å². The van der Waals surface area contributed by atoms with Crippen LogP contribution < -0.4 is 21.1 Å². The van der Waals surface area contributed by atoms with E-state index in [-0.39, 0.29) is 12.6 Å². The second kappa shape index (κ2) is 6.79. The Morgan fingerprint density at radius 1 is 1.30 bits per heavy atom. The van der Waals surface area contributed by atoms with Crippen molar-refractivity contribution in [3.63, 3.8) is 0 Å². The lowest BCUT2D eigenvalue weighted by atomic mass is 10.2. The second-order valence-corrected chi connectivity index (χ2v) is 4.86. The van der Waals surface area contributed by atoms with Crippen LogP contribution >= 0.6 is 0 Å². The Bertz CT molecular complexity index is 484. The summed E-state index contributed by atoms with van der Waals surface area (Å²) >= 11 is 0. The topological polar surface area (TPSA) is 93.4 Å². The molecule has 1 saturated carbocycles. The standard InChI is InChI=1S/C14H19N3O3/c15-10-4-3-7-12(8-10)20-9-13(18)17-14(19)16-11-5-1-2-6-11/h3-4,7-8,11H,1-2,5-6,9,15H2,(H2,16,17,18,19). The summed E-state index contributed by atoms with van der Waals surface area (Å²) in [6.45, 7) is -0.221. The molecule has 0 spiro atoms.